The fourth-order valence-electron chi connectivity index (χ4n) is 3.70. The van der Waals surface area contributed by atoms with Crippen molar-refractivity contribution < 1.29 is 13.2 Å². The Labute approximate surface area is 161 Å². The Kier molecular flexibility index (Phi) is 5.34. The first-order chi connectivity index (χ1) is 13.6. The maximum absolute atomic E-state index is 13.6. The van der Waals surface area contributed by atoms with Gasteiger partial charge in [-0.15, -0.1) is 0 Å². The number of hydrogen-bond donors (Lipinski definition) is 2. The minimum Gasteiger partial charge on any atom is -0.381 e. The van der Waals surface area contributed by atoms with Gasteiger partial charge in [-0.1, -0.05) is 12.1 Å². The van der Waals surface area contributed by atoms with Crippen molar-refractivity contribution in [2.24, 2.45) is 0 Å². The van der Waals surface area contributed by atoms with E-state index in [0.717, 1.165) is 48.8 Å². The van der Waals surface area contributed by atoms with Crippen molar-refractivity contribution in [1.82, 2.24) is 15.1 Å². The number of likely N-dealkylation sites (tertiary alicyclic amines) is 1. The lowest BCUT2D eigenvalue weighted by Gasteiger charge is -2.33. The average Bonchev–Trinajstić information content (AvgIpc) is 3.13. The van der Waals surface area contributed by atoms with Crippen LogP contribution in [-0.4, -0.2) is 34.2 Å². The summed E-state index contributed by atoms with van der Waals surface area (Å²) in [5.41, 5.74) is 3.16. The Morgan fingerprint density at radius 2 is 2.00 bits per heavy atom. The smallest absolute Gasteiger partial charge is 0.160 e. The van der Waals surface area contributed by atoms with Gasteiger partial charge in [-0.2, -0.15) is 5.10 Å². The van der Waals surface area contributed by atoms with Crippen LogP contribution in [0.15, 0.2) is 48.7 Å². The van der Waals surface area contributed by atoms with E-state index < -0.39 is 11.6 Å². The van der Waals surface area contributed by atoms with Crippen molar-refractivity contribution >= 4 is 5.69 Å². The first-order valence-electron chi connectivity index (χ1n) is 9.30. The van der Waals surface area contributed by atoms with Gasteiger partial charge in [-0.3, -0.25) is 10.00 Å². The van der Waals surface area contributed by atoms with Crippen molar-refractivity contribution in [2.75, 3.05) is 18.4 Å². The molecule has 2 aromatic carbocycles. The Morgan fingerprint density at radius 1 is 1.11 bits per heavy atom. The average molecular weight is 386 g/mol. The van der Waals surface area contributed by atoms with E-state index in [4.69, 9.17) is 0 Å². The molecule has 0 amide bonds. The Hall–Kier alpha value is -2.80. The van der Waals surface area contributed by atoms with Crippen LogP contribution in [0, 0.1) is 17.5 Å². The summed E-state index contributed by atoms with van der Waals surface area (Å²) in [7, 11) is 0. The van der Waals surface area contributed by atoms with Crippen LogP contribution < -0.4 is 5.32 Å². The summed E-state index contributed by atoms with van der Waals surface area (Å²) in [6.07, 6.45) is 3.72. The lowest BCUT2D eigenvalue weighted by molar-refractivity contribution is 0.209. The van der Waals surface area contributed by atoms with Crippen LogP contribution in [0.1, 0.15) is 18.4 Å². The van der Waals surface area contributed by atoms with Crippen molar-refractivity contribution in [3.63, 3.8) is 0 Å². The second kappa shape index (κ2) is 8.06. The zero-order chi connectivity index (χ0) is 19.5. The molecule has 28 heavy (non-hydrogen) atoms. The highest BCUT2D eigenvalue weighted by Crippen LogP contribution is 2.25. The summed E-state index contributed by atoms with van der Waals surface area (Å²) in [4.78, 5) is 2.29. The first kappa shape index (κ1) is 18.6. The molecule has 1 aromatic heterocycles. The van der Waals surface area contributed by atoms with E-state index in [2.05, 4.69) is 20.4 Å². The lowest BCUT2D eigenvalue weighted by Crippen LogP contribution is -2.41. The Bertz CT molecular complexity index is 956. The number of hydrogen-bond acceptors (Lipinski definition) is 3. The zero-order valence-corrected chi connectivity index (χ0v) is 15.3. The topological polar surface area (TPSA) is 44.0 Å². The number of H-pyrrole nitrogens is 1. The second-order valence-electron chi connectivity index (χ2n) is 7.13. The molecule has 7 heteroatoms. The van der Waals surface area contributed by atoms with Crippen molar-refractivity contribution in [3.8, 4) is 11.3 Å². The molecule has 2 heterocycles. The molecule has 1 saturated heterocycles. The number of halogens is 3. The molecule has 3 aromatic rings. The fraction of sp³-hybridized carbons (Fsp3) is 0.286. The number of benzene rings is 2. The largest absolute Gasteiger partial charge is 0.381 e. The minimum atomic E-state index is -0.851. The van der Waals surface area contributed by atoms with Gasteiger partial charge >= 0.3 is 0 Å². The van der Waals surface area contributed by atoms with Crippen molar-refractivity contribution in [2.45, 2.75) is 25.4 Å². The maximum atomic E-state index is 13.6. The number of piperidine rings is 1. The normalized spacial score (nSPS) is 17.6. The highest BCUT2D eigenvalue weighted by molar-refractivity contribution is 5.62. The van der Waals surface area contributed by atoms with Crippen LogP contribution >= 0.6 is 0 Å². The van der Waals surface area contributed by atoms with E-state index in [-0.39, 0.29) is 11.9 Å². The van der Waals surface area contributed by atoms with Gasteiger partial charge in [0.1, 0.15) is 5.82 Å². The van der Waals surface area contributed by atoms with Crippen LogP contribution in [0.3, 0.4) is 0 Å². The van der Waals surface area contributed by atoms with E-state index in [1.165, 1.54) is 18.2 Å². The molecule has 1 aliphatic rings. The lowest BCUT2D eigenvalue weighted by atomic mass is 10.0. The second-order valence-corrected chi connectivity index (χ2v) is 7.13. The first-order valence-corrected chi connectivity index (χ1v) is 9.30. The molecule has 1 fully saturated rings. The van der Waals surface area contributed by atoms with Crippen molar-refractivity contribution in [3.05, 3.63) is 71.7 Å². The number of rotatable bonds is 5. The summed E-state index contributed by atoms with van der Waals surface area (Å²) in [5.74, 6) is -1.98. The molecule has 0 unspecified atom stereocenters. The third-order valence-electron chi connectivity index (χ3n) is 5.02. The monoisotopic (exact) mass is 386 g/mol. The van der Waals surface area contributed by atoms with Gasteiger partial charge in [0, 0.05) is 42.0 Å². The number of nitrogens with zero attached hydrogens (tertiary/aromatic N) is 2. The van der Waals surface area contributed by atoms with Crippen LogP contribution in [0.5, 0.6) is 0 Å². The predicted octanol–water partition coefficient (Wildman–Crippen LogP) is 4.57. The number of aromatic nitrogens is 2. The van der Waals surface area contributed by atoms with Gasteiger partial charge < -0.3 is 5.32 Å². The molecule has 4 nitrogen and oxygen atoms in total. The van der Waals surface area contributed by atoms with E-state index in [9.17, 15) is 13.2 Å². The van der Waals surface area contributed by atoms with Crippen LogP contribution in [0.2, 0.25) is 0 Å². The zero-order valence-electron chi connectivity index (χ0n) is 15.3. The number of anilines is 1. The molecule has 0 saturated carbocycles. The third-order valence-corrected chi connectivity index (χ3v) is 5.02. The highest BCUT2D eigenvalue weighted by Gasteiger charge is 2.22. The maximum Gasteiger partial charge on any atom is 0.160 e. The number of nitrogens with one attached hydrogen (secondary N) is 2. The highest BCUT2D eigenvalue weighted by atomic mass is 19.2. The van der Waals surface area contributed by atoms with Gasteiger partial charge in [-0.05, 0) is 43.7 Å². The quantitative estimate of drug-likeness (QED) is 0.675. The molecular weight excluding hydrogens is 365 g/mol. The standard InChI is InChI=1S/C21H21F3N4/c22-16-4-1-3-14(9-16)21-15(11-25-27-21)12-28-8-2-5-18(13-28)26-17-6-7-19(23)20(24)10-17/h1,3-4,6-7,9-11,18,26H,2,5,8,12-13H2,(H,25,27)/t18-/m1/s1. The Morgan fingerprint density at radius 3 is 2.82 bits per heavy atom. The van der Waals surface area contributed by atoms with E-state index in [1.54, 1.807) is 18.3 Å². The summed E-state index contributed by atoms with van der Waals surface area (Å²) >= 11 is 0. The van der Waals surface area contributed by atoms with Crippen LogP contribution in [0.25, 0.3) is 11.3 Å². The molecule has 0 spiro atoms. The van der Waals surface area contributed by atoms with Gasteiger partial charge in [0.2, 0.25) is 0 Å². The SMILES string of the molecule is Fc1cccc(-c2[nH]ncc2CN2CCC[C@@H](Nc3ccc(F)c(F)c3)C2)c1. The third kappa shape index (κ3) is 4.20. The van der Waals surface area contributed by atoms with Crippen LogP contribution in [-0.2, 0) is 6.54 Å². The summed E-state index contributed by atoms with van der Waals surface area (Å²) in [6.45, 7) is 2.38. The van der Waals surface area contributed by atoms with Gasteiger partial charge in [0.15, 0.2) is 11.6 Å². The molecule has 2 N–H and O–H groups in total. The summed E-state index contributed by atoms with van der Waals surface area (Å²) in [5, 5.41) is 10.4. The van der Waals surface area contributed by atoms with Gasteiger partial charge in [0.25, 0.3) is 0 Å². The summed E-state index contributed by atoms with van der Waals surface area (Å²) < 4.78 is 40.1. The van der Waals surface area contributed by atoms with Gasteiger partial charge in [0.05, 0.1) is 11.9 Å². The molecule has 0 bridgehead atoms. The molecule has 1 aliphatic heterocycles. The Balaban J connectivity index is 1.43. The van der Waals surface area contributed by atoms with E-state index >= 15 is 0 Å². The predicted molar refractivity (Wildman–Crippen MR) is 102 cm³/mol. The van der Waals surface area contributed by atoms with Crippen LogP contribution in [0.4, 0.5) is 18.9 Å². The van der Waals surface area contributed by atoms with E-state index in [1.807, 2.05) is 6.07 Å². The molecule has 1 atom stereocenters. The number of aromatic amines is 1. The minimum absolute atomic E-state index is 0.142. The molecule has 146 valence electrons. The molecular formula is C21H21F3N4. The van der Waals surface area contributed by atoms with Gasteiger partial charge in [-0.25, -0.2) is 13.2 Å². The van der Waals surface area contributed by atoms with E-state index in [0.29, 0.717) is 12.2 Å². The van der Waals surface area contributed by atoms with Crippen molar-refractivity contribution in [1.29, 1.82) is 0 Å². The molecule has 4 rings (SSSR count). The molecule has 0 aliphatic carbocycles. The summed E-state index contributed by atoms with van der Waals surface area (Å²) in [6, 6.07) is 10.4. The molecule has 0 radical (unpaired) electrons. The fourth-order valence-corrected chi connectivity index (χ4v) is 3.70.